The number of rotatable bonds is 3. The molecule has 3 nitrogen and oxygen atoms in total. The number of nitrogens with zero attached hydrogens (tertiary/aromatic N) is 2. The van der Waals surface area contributed by atoms with Crippen molar-refractivity contribution in [3.05, 3.63) is 71.8 Å². The van der Waals surface area contributed by atoms with Gasteiger partial charge in [0, 0.05) is 24.0 Å². The van der Waals surface area contributed by atoms with Crippen LogP contribution in [-0.4, -0.2) is 9.55 Å². The number of benzene rings is 2. The summed E-state index contributed by atoms with van der Waals surface area (Å²) in [7, 11) is 0. The molecular weight excluding hydrogens is 265 g/mol. The van der Waals surface area contributed by atoms with Crippen LogP contribution in [0, 0.1) is 12.7 Å². The molecule has 0 unspecified atom stereocenters. The van der Waals surface area contributed by atoms with Crippen molar-refractivity contribution >= 4 is 5.69 Å². The molecule has 3 rings (SSSR count). The molecule has 21 heavy (non-hydrogen) atoms. The predicted molar refractivity (Wildman–Crippen MR) is 82.3 cm³/mol. The third-order valence-corrected chi connectivity index (χ3v) is 3.31. The Balaban J connectivity index is 1.98. The highest BCUT2D eigenvalue weighted by molar-refractivity contribution is 5.59. The van der Waals surface area contributed by atoms with Gasteiger partial charge in [-0.2, -0.15) is 0 Å². The highest BCUT2D eigenvalue weighted by Gasteiger charge is 2.09. The van der Waals surface area contributed by atoms with Crippen LogP contribution in [0.25, 0.3) is 11.4 Å². The summed E-state index contributed by atoms with van der Waals surface area (Å²) < 4.78 is 15.3. The maximum Gasteiger partial charge on any atom is 0.140 e. The van der Waals surface area contributed by atoms with Gasteiger partial charge >= 0.3 is 0 Å². The minimum absolute atomic E-state index is 0.224. The fraction of sp³-hybridized carbons (Fsp3) is 0.118. The highest BCUT2D eigenvalue weighted by Crippen LogP contribution is 2.21. The number of hydrogen-bond donors (Lipinski definition) is 1. The first-order chi connectivity index (χ1) is 10.1. The third kappa shape index (κ3) is 2.94. The molecule has 3 aromatic rings. The zero-order chi connectivity index (χ0) is 14.8. The van der Waals surface area contributed by atoms with Crippen LogP contribution in [0.2, 0.25) is 0 Å². The van der Waals surface area contributed by atoms with Crippen molar-refractivity contribution in [1.29, 1.82) is 0 Å². The first kappa shape index (κ1) is 13.4. The maximum atomic E-state index is 13.3. The Morgan fingerprint density at radius 1 is 1.14 bits per heavy atom. The summed E-state index contributed by atoms with van der Waals surface area (Å²) in [6.07, 6.45) is 1.97. The van der Waals surface area contributed by atoms with Gasteiger partial charge in [-0.25, -0.2) is 9.37 Å². The van der Waals surface area contributed by atoms with Crippen LogP contribution in [0.5, 0.6) is 0 Å². The molecule has 1 aromatic heterocycles. The molecule has 0 aliphatic carbocycles. The Kier molecular flexibility index (Phi) is 3.44. The summed E-state index contributed by atoms with van der Waals surface area (Å²) in [4.78, 5) is 4.56. The van der Waals surface area contributed by atoms with Crippen molar-refractivity contribution in [2.75, 3.05) is 5.73 Å². The summed E-state index contributed by atoms with van der Waals surface area (Å²) in [6, 6.07) is 14.2. The second kappa shape index (κ2) is 5.40. The van der Waals surface area contributed by atoms with Gasteiger partial charge in [0.25, 0.3) is 0 Å². The van der Waals surface area contributed by atoms with Gasteiger partial charge in [-0.3, -0.25) is 0 Å². The average molecular weight is 281 g/mol. The molecule has 2 aromatic carbocycles. The van der Waals surface area contributed by atoms with E-state index in [0.717, 1.165) is 28.3 Å². The van der Waals surface area contributed by atoms with Crippen LogP contribution in [-0.2, 0) is 6.54 Å². The Morgan fingerprint density at radius 2 is 1.90 bits per heavy atom. The standard InChI is InChI=1S/C17H16FN3/c1-12-10-21(11-13-3-2-4-15(18)9-13)17(20-12)14-5-7-16(19)8-6-14/h2-10H,11,19H2,1H3. The topological polar surface area (TPSA) is 43.8 Å². The molecule has 0 aliphatic rings. The van der Waals surface area contributed by atoms with E-state index in [9.17, 15) is 4.39 Å². The molecular formula is C17H16FN3. The molecule has 0 saturated heterocycles. The van der Waals surface area contributed by atoms with Crippen LogP contribution in [0.3, 0.4) is 0 Å². The van der Waals surface area contributed by atoms with Crippen LogP contribution in [0.4, 0.5) is 10.1 Å². The summed E-state index contributed by atoms with van der Waals surface area (Å²) >= 11 is 0. The van der Waals surface area contributed by atoms with E-state index in [2.05, 4.69) is 4.98 Å². The molecule has 0 bridgehead atoms. The van der Waals surface area contributed by atoms with Crippen molar-refractivity contribution in [2.24, 2.45) is 0 Å². The molecule has 0 radical (unpaired) electrons. The Bertz CT molecular complexity index is 760. The summed E-state index contributed by atoms with van der Waals surface area (Å²) in [5.41, 5.74) is 9.27. The van der Waals surface area contributed by atoms with Crippen LogP contribution in [0.1, 0.15) is 11.3 Å². The number of aryl methyl sites for hydroxylation is 1. The number of imidazole rings is 1. The molecule has 0 saturated carbocycles. The summed E-state index contributed by atoms with van der Waals surface area (Å²) in [5, 5.41) is 0. The minimum Gasteiger partial charge on any atom is -0.399 e. The fourth-order valence-corrected chi connectivity index (χ4v) is 2.36. The van der Waals surface area contributed by atoms with Crippen molar-refractivity contribution in [3.8, 4) is 11.4 Å². The quantitative estimate of drug-likeness (QED) is 0.745. The molecule has 106 valence electrons. The van der Waals surface area contributed by atoms with Gasteiger partial charge in [0.2, 0.25) is 0 Å². The number of halogens is 1. The number of aromatic nitrogens is 2. The summed E-state index contributed by atoms with van der Waals surface area (Å²) in [5.74, 6) is 0.634. The van der Waals surface area contributed by atoms with Gasteiger partial charge in [0.15, 0.2) is 0 Å². The molecule has 0 atom stereocenters. The highest BCUT2D eigenvalue weighted by atomic mass is 19.1. The van der Waals surface area contributed by atoms with E-state index >= 15 is 0 Å². The molecule has 0 fully saturated rings. The Hall–Kier alpha value is -2.62. The van der Waals surface area contributed by atoms with Crippen molar-refractivity contribution in [1.82, 2.24) is 9.55 Å². The fourth-order valence-electron chi connectivity index (χ4n) is 2.36. The van der Waals surface area contributed by atoms with E-state index in [0.29, 0.717) is 6.54 Å². The molecule has 0 spiro atoms. The SMILES string of the molecule is Cc1cn(Cc2cccc(F)c2)c(-c2ccc(N)cc2)n1. The number of nitrogen functional groups attached to an aromatic ring is 1. The second-order valence-corrected chi connectivity index (χ2v) is 5.09. The predicted octanol–water partition coefficient (Wildman–Crippen LogP) is 3.63. The van der Waals surface area contributed by atoms with E-state index < -0.39 is 0 Å². The lowest BCUT2D eigenvalue weighted by atomic mass is 10.2. The van der Waals surface area contributed by atoms with Gasteiger partial charge in [0.1, 0.15) is 11.6 Å². The molecule has 1 heterocycles. The van der Waals surface area contributed by atoms with Crippen molar-refractivity contribution in [2.45, 2.75) is 13.5 Å². The van der Waals surface area contributed by atoms with Crippen molar-refractivity contribution < 1.29 is 4.39 Å². The minimum atomic E-state index is -0.224. The zero-order valence-corrected chi connectivity index (χ0v) is 11.8. The van der Waals surface area contributed by atoms with E-state index in [1.54, 1.807) is 12.1 Å². The lowest BCUT2D eigenvalue weighted by molar-refractivity contribution is 0.623. The smallest absolute Gasteiger partial charge is 0.140 e. The third-order valence-electron chi connectivity index (χ3n) is 3.31. The van der Waals surface area contributed by atoms with Crippen LogP contribution >= 0.6 is 0 Å². The molecule has 0 aliphatic heterocycles. The average Bonchev–Trinajstić information content (AvgIpc) is 2.80. The van der Waals surface area contributed by atoms with Gasteiger partial charge in [0.05, 0.1) is 5.69 Å². The van der Waals surface area contributed by atoms with Crippen molar-refractivity contribution in [3.63, 3.8) is 0 Å². The lowest BCUT2D eigenvalue weighted by Crippen LogP contribution is -2.01. The maximum absolute atomic E-state index is 13.3. The Labute approximate surface area is 122 Å². The zero-order valence-electron chi connectivity index (χ0n) is 11.8. The number of hydrogen-bond acceptors (Lipinski definition) is 2. The van der Waals surface area contributed by atoms with E-state index in [1.807, 2.05) is 48.0 Å². The summed E-state index contributed by atoms with van der Waals surface area (Å²) in [6.45, 7) is 2.53. The molecule has 0 amide bonds. The van der Waals surface area contributed by atoms with E-state index in [4.69, 9.17) is 5.73 Å². The van der Waals surface area contributed by atoms with Gasteiger partial charge in [-0.15, -0.1) is 0 Å². The number of anilines is 1. The normalized spacial score (nSPS) is 10.8. The van der Waals surface area contributed by atoms with Crippen LogP contribution < -0.4 is 5.73 Å². The van der Waals surface area contributed by atoms with E-state index in [1.165, 1.54) is 6.07 Å². The van der Waals surface area contributed by atoms with E-state index in [-0.39, 0.29) is 5.82 Å². The monoisotopic (exact) mass is 281 g/mol. The first-order valence-electron chi connectivity index (χ1n) is 6.76. The van der Waals surface area contributed by atoms with Crippen LogP contribution in [0.15, 0.2) is 54.7 Å². The lowest BCUT2D eigenvalue weighted by Gasteiger charge is -2.08. The first-order valence-corrected chi connectivity index (χ1v) is 6.76. The van der Waals surface area contributed by atoms with Gasteiger partial charge in [-0.1, -0.05) is 12.1 Å². The van der Waals surface area contributed by atoms with Gasteiger partial charge < -0.3 is 10.3 Å². The Morgan fingerprint density at radius 3 is 2.62 bits per heavy atom. The van der Waals surface area contributed by atoms with Gasteiger partial charge in [-0.05, 0) is 48.9 Å². The molecule has 2 N–H and O–H groups in total. The number of nitrogens with two attached hydrogens (primary N) is 1. The molecule has 4 heteroatoms. The largest absolute Gasteiger partial charge is 0.399 e. The second-order valence-electron chi connectivity index (χ2n) is 5.09.